The largest absolute Gasteiger partial charge is 0.336 e. The fourth-order valence-electron chi connectivity index (χ4n) is 8.46. The molecule has 1 aromatic heterocycles. The summed E-state index contributed by atoms with van der Waals surface area (Å²) < 4.78 is 3.66. The second-order valence-electron chi connectivity index (χ2n) is 12.6. The lowest BCUT2D eigenvalue weighted by atomic mass is 9.70. The number of hydrogen-bond acceptors (Lipinski definition) is 0. The average molecular weight is 651 g/mol. The molecule has 0 bridgehead atoms. The maximum Gasteiger partial charge on any atom is 0.0726 e. The van der Waals surface area contributed by atoms with Crippen molar-refractivity contribution in [3.05, 3.63) is 190 Å². The Balaban J connectivity index is 1.34. The van der Waals surface area contributed by atoms with Gasteiger partial charge in [0.05, 0.1) is 5.41 Å². The van der Waals surface area contributed by atoms with Gasteiger partial charge in [-0.2, -0.15) is 0 Å². The zero-order valence-corrected chi connectivity index (χ0v) is 26.6. The lowest BCUT2D eigenvalue weighted by Gasteiger charge is -2.30. The smallest absolute Gasteiger partial charge is 0.0726 e. The molecule has 216 valence electrons. The van der Waals surface area contributed by atoms with Crippen LogP contribution < -0.4 is 0 Å². The highest BCUT2D eigenvalue weighted by atomic mass is 79.9. The summed E-state index contributed by atoms with van der Waals surface area (Å²) >= 11 is 3.85. The highest BCUT2D eigenvalue weighted by molar-refractivity contribution is 9.10. The zero-order valence-electron chi connectivity index (χ0n) is 25.0. The standard InChI is InChI=1S/C44H28BrN/c45-41-21-11-4-14-30(41)27-46-42-23-22-29(28-12-2-1-3-13-28)24-35(42)36-25-34-33-17-7-10-20-39(33)44(40(34)26-43(36)46)37-18-8-5-15-31(37)32-16-6-9-19-38(32)44/h1-26H,27H2. The molecule has 1 spiro atoms. The van der Waals surface area contributed by atoms with Crippen LogP contribution in [0.1, 0.15) is 27.8 Å². The molecule has 0 unspecified atom stereocenters. The first-order chi connectivity index (χ1) is 22.7. The normalized spacial score (nSPS) is 13.6. The molecule has 0 atom stereocenters. The second kappa shape index (κ2) is 9.66. The second-order valence-corrected chi connectivity index (χ2v) is 13.4. The first kappa shape index (κ1) is 26.1. The van der Waals surface area contributed by atoms with Crippen molar-refractivity contribution >= 4 is 37.7 Å². The third-order valence-corrected chi connectivity index (χ3v) is 11.1. The molecule has 2 heteroatoms. The van der Waals surface area contributed by atoms with Crippen LogP contribution in [0.5, 0.6) is 0 Å². The minimum absolute atomic E-state index is 0.364. The van der Waals surface area contributed by atoms with Crippen molar-refractivity contribution in [3.63, 3.8) is 0 Å². The lowest BCUT2D eigenvalue weighted by Crippen LogP contribution is -2.25. The molecule has 1 heterocycles. The van der Waals surface area contributed by atoms with Gasteiger partial charge in [-0.3, -0.25) is 0 Å². The van der Waals surface area contributed by atoms with E-state index in [1.807, 2.05) is 0 Å². The predicted molar refractivity (Wildman–Crippen MR) is 194 cm³/mol. The Morgan fingerprint density at radius 2 is 1.00 bits per heavy atom. The summed E-state index contributed by atoms with van der Waals surface area (Å²) in [5.74, 6) is 0. The molecule has 0 aliphatic heterocycles. The first-order valence-electron chi connectivity index (χ1n) is 15.9. The van der Waals surface area contributed by atoms with Crippen molar-refractivity contribution < 1.29 is 0 Å². The molecule has 46 heavy (non-hydrogen) atoms. The molecule has 2 aliphatic carbocycles. The summed E-state index contributed by atoms with van der Waals surface area (Å²) in [6.07, 6.45) is 0. The quantitative estimate of drug-likeness (QED) is 0.179. The first-order valence-corrected chi connectivity index (χ1v) is 16.7. The van der Waals surface area contributed by atoms with E-state index in [2.05, 4.69) is 178 Å². The number of hydrogen-bond donors (Lipinski definition) is 0. The SMILES string of the molecule is Brc1ccccc1Cn1c2ccc(-c3ccccc3)cc2c2cc3c(cc21)C1(c2ccccc2-c2ccccc21)c1ccccc1-3. The van der Waals surface area contributed by atoms with Crippen molar-refractivity contribution in [1.82, 2.24) is 4.57 Å². The summed E-state index contributed by atoms with van der Waals surface area (Å²) in [6.45, 7) is 0.776. The van der Waals surface area contributed by atoms with E-state index in [0.717, 1.165) is 11.0 Å². The molecule has 0 saturated carbocycles. The molecule has 7 aromatic carbocycles. The predicted octanol–water partition coefficient (Wildman–Crippen LogP) is 11.6. The van der Waals surface area contributed by atoms with Gasteiger partial charge in [0.25, 0.3) is 0 Å². The van der Waals surface area contributed by atoms with E-state index in [1.165, 1.54) is 83.0 Å². The van der Waals surface area contributed by atoms with Crippen LogP contribution >= 0.6 is 15.9 Å². The number of rotatable bonds is 3. The van der Waals surface area contributed by atoms with Gasteiger partial charge in [0, 0.05) is 32.8 Å². The van der Waals surface area contributed by atoms with E-state index in [9.17, 15) is 0 Å². The molecule has 0 N–H and O–H groups in total. The minimum Gasteiger partial charge on any atom is -0.336 e. The average Bonchev–Trinajstić information content (AvgIpc) is 3.70. The molecule has 2 aliphatic rings. The van der Waals surface area contributed by atoms with Crippen LogP contribution in [0.15, 0.2) is 162 Å². The third kappa shape index (κ3) is 3.40. The van der Waals surface area contributed by atoms with Crippen LogP contribution in [0.4, 0.5) is 0 Å². The summed E-state index contributed by atoms with van der Waals surface area (Å²) in [7, 11) is 0. The minimum atomic E-state index is -0.364. The van der Waals surface area contributed by atoms with Crippen molar-refractivity contribution in [1.29, 1.82) is 0 Å². The zero-order chi connectivity index (χ0) is 30.4. The highest BCUT2D eigenvalue weighted by Crippen LogP contribution is 2.63. The van der Waals surface area contributed by atoms with Crippen molar-refractivity contribution in [2.24, 2.45) is 0 Å². The van der Waals surface area contributed by atoms with Gasteiger partial charge < -0.3 is 4.57 Å². The van der Waals surface area contributed by atoms with E-state index in [-0.39, 0.29) is 5.41 Å². The Morgan fingerprint density at radius 1 is 0.435 bits per heavy atom. The molecule has 0 fully saturated rings. The Bertz CT molecular complexity index is 2470. The highest BCUT2D eigenvalue weighted by Gasteiger charge is 2.51. The molecular formula is C44H28BrN. The van der Waals surface area contributed by atoms with Crippen LogP contribution in [0.3, 0.4) is 0 Å². The molecule has 1 nitrogen and oxygen atoms in total. The maximum absolute atomic E-state index is 3.85. The Kier molecular flexibility index (Phi) is 5.48. The molecule has 0 radical (unpaired) electrons. The Morgan fingerprint density at radius 3 is 1.67 bits per heavy atom. The van der Waals surface area contributed by atoms with Crippen molar-refractivity contribution in [2.45, 2.75) is 12.0 Å². The fraction of sp³-hybridized carbons (Fsp3) is 0.0455. The molecular weight excluding hydrogens is 622 g/mol. The fourth-order valence-corrected chi connectivity index (χ4v) is 8.87. The van der Waals surface area contributed by atoms with Gasteiger partial charge >= 0.3 is 0 Å². The van der Waals surface area contributed by atoms with Gasteiger partial charge in [-0.05, 0) is 91.5 Å². The van der Waals surface area contributed by atoms with Gasteiger partial charge in [0.1, 0.15) is 0 Å². The number of benzene rings is 7. The van der Waals surface area contributed by atoms with Crippen LogP contribution in [0, 0.1) is 0 Å². The monoisotopic (exact) mass is 649 g/mol. The maximum atomic E-state index is 3.85. The Hall–Kier alpha value is -5.18. The Labute approximate surface area is 276 Å². The lowest BCUT2D eigenvalue weighted by molar-refractivity contribution is 0.792. The summed E-state index contributed by atoms with van der Waals surface area (Å²) in [5.41, 5.74) is 16.7. The third-order valence-electron chi connectivity index (χ3n) is 10.4. The van der Waals surface area contributed by atoms with Crippen molar-refractivity contribution in [3.8, 4) is 33.4 Å². The van der Waals surface area contributed by atoms with Crippen LogP contribution in [-0.2, 0) is 12.0 Å². The summed E-state index contributed by atoms with van der Waals surface area (Å²) in [4.78, 5) is 0. The summed E-state index contributed by atoms with van der Waals surface area (Å²) in [6, 6.07) is 58.6. The van der Waals surface area contributed by atoms with Crippen molar-refractivity contribution in [2.75, 3.05) is 0 Å². The number of nitrogens with zero attached hydrogens (tertiary/aromatic N) is 1. The van der Waals surface area contributed by atoms with E-state index in [0.29, 0.717) is 0 Å². The van der Waals surface area contributed by atoms with Crippen LogP contribution in [0.25, 0.3) is 55.2 Å². The number of aromatic nitrogens is 1. The van der Waals surface area contributed by atoms with E-state index in [4.69, 9.17) is 0 Å². The number of fused-ring (bicyclic) bond motifs is 13. The molecule has 0 saturated heterocycles. The van der Waals surface area contributed by atoms with E-state index >= 15 is 0 Å². The molecule has 10 rings (SSSR count). The topological polar surface area (TPSA) is 4.93 Å². The van der Waals surface area contributed by atoms with Crippen LogP contribution in [0.2, 0.25) is 0 Å². The molecule has 8 aromatic rings. The van der Waals surface area contributed by atoms with E-state index < -0.39 is 0 Å². The van der Waals surface area contributed by atoms with Gasteiger partial charge in [0.2, 0.25) is 0 Å². The van der Waals surface area contributed by atoms with Gasteiger partial charge in [0.15, 0.2) is 0 Å². The van der Waals surface area contributed by atoms with E-state index in [1.54, 1.807) is 0 Å². The van der Waals surface area contributed by atoms with Crippen LogP contribution in [-0.4, -0.2) is 4.57 Å². The number of halogens is 1. The van der Waals surface area contributed by atoms with Gasteiger partial charge in [-0.25, -0.2) is 0 Å². The molecule has 0 amide bonds. The summed E-state index contributed by atoms with van der Waals surface area (Å²) in [5, 5.41) is 2.59. The van der Waals surface area contributed by atoms with Gasteiger partial charge in [-0.1, -0.05) is 143 Å². The van der Waals surface area contributed by atoms with Gasteiger partial charge in [-0.15, -0.1) is 0 Å².